The van der Waals surface area contributed by atoms with E-state index in [1.165, 1.54) is 0 Å². The van der Waals surface area contributed by atoms with Crippen molar-refractivity contribution >= 4 is 35.1 Å². The van der Waals surface area contributed by atoms with Crippen molar-refractivity contribution in [2.45, 2.75) is 24.8 Å². The quantitative estimate of drug-likeness (QED) is 0.535. The second-order valence-corrected chi connectivity index (χ2v) is 8.52. The molecule has 2 heterocycles. The fourth-order valence-electron chi connectivity index (χ4n) is 4.35. The van der Waals surface area contributed by atoms with Gasteiger partial charge >= 0.3 is 6.03 Å². The van der Waals surface area contributed by atoms with Crippen LogP contribution in [-0.2, 0) is 28.9 Å². The van der Waals surface area contributed by atoms with E-state index >= 15 is 0 Å². The minimum Gasteiger partial charge on any atom is -0.326 e. The number of carbonyl (C=O) groups excluding carboxylic acids is 3. The molecule has 4 amide bonds. The number of aromatic nitrogens is 1. The molecule has 2 aromatic carbocycles. The van der Waals surface area contributed by atoms with Crippen LogP contribution in [0.2, 0.25) is 5.02 Å². The Hall–Kier alpha value is -3.71. The Balaban J connectivity index is 1.28. The smallest absolute Gasteiger partial charge is 0.322 e. The number of nitrogens with one attached hydrogen (secondary N) is 3. The minimum atomic E-state index is -0.924. The second-order valence-electron chi connectivity index (χ2n) is 8.11. The van der Waals surface area contributed by atoms with Crippen molar-refractivity contribution in [3.8, 4) is 11.1 Å². The van der Waals surface area contributed by atoms with Gasteiger partial charge in [-0.15, -0.1) is 0 Å². The van der Waals surface area contributed by atoms with E-state index < -0.39 is 11.6 Å². The molecule has 2 aliphatic rings. The lowest BCUT2D eigenvalue weighted by Gasteiger charge is -2.18. The number of nitrogens with zero attached hydrogens (tertiary/aromatic N) is 1. The van der Waals surface area contributed by atoms with E-state index in [2.05, 4.69) is 20.9 Å². The lowest BCUT2D eigenvalue weighted by Crippen LogP contribution is -2.47. The van der Waals surface area contributed by atoms with Gasteiger partial charge in [-0.05, 0) is 41.0 Å². The first-order chi connectivity index (χ1) is 15.4. The van der Waals surface area contributed by atoms with Gasteiger partial charge < -0.3 is 10.6 Å². The first-order valence-corrected chi connectivity index (χ1v) is 10.5. The van der Waals surface area contributed by atoms with Crippen LogP contribution in [0.4, 0.5) is 10.5 Å². The lowest BCUT2D eigenvalue weighted by molar-refractivity contribution is -0.123. The summed E-state index contributed by atoms with van der Waals surface area (Å²) >= 11 is 6.28. The number of pyridine rings is 1. The molecule has 3 aromatic rings. The number of benzene rings is 2. The van der Waals surface area contributed by atoms with E-state index in [9.17, 15) is 14.4 Å². The van der Waals surface area contributed by atoms with Crippen LogP contribution >= 0.6 is 11.6 Å². The van der Waals surface area contributed by atoms with Gasteiger partial charge in [0.05, 0.1) is 6.42 Å². The van der Waals surface area contributed by atoms with E-state index in [0.29, 0.717) is 23.6 Å². The largest absolute Gasteiger partial charge is 0.326 e. The minimum absolute atomic E-state index is 0.158. The summed E-state index contributed by atoms with van der Waals surface area (Å²) in [6, 6.07) is 14.5. The molecule has 0 saturated carbocycles. The average Bonchev–Trinajstić information content (AvgIpc) is 3.25. The zero-order valence-corrected chi connectivity index (χ0v) is 17.7. The molecule has 1 spiro atoms. The molecule has 1 fully saturated rings. The predicted molar refractivity (Wildman–Crippen MR) is 120 cm³/mol. The van der Waals surface area contributed by atoms with Crippen molar-refractivity contribution in [1.82, 2.24) is 15.6 Å². The van der Waals surface area contributed by atoms with Gasteiger partial charge in [0.15, 0.2) is 0 Å². The summed E-state index contributed by atoms with van der Waals surface area (Å²) in [5.74, 6) is -0.488. The molecule has 7 nitrogen and oxygen atoms in total. The molecule has 1 atom stereocenters. The van der Waals surface area contributed by atoms with Crippen molar-refractivity contribution in [2.75, 3.05) is 5.32 Å². The van der Waals surface area contributed by atoms with Crippen LogP contribution in [-0.4, -0.2) is 28.4 Å². The Morgan fingerprint density at radius 3 is 2.66 bits per heavy atom. The number of anilines is 1. The maximum Gasteiger partial charge on any atom is 0.322 e. The summed E-state index contributed by atoms with van der Waals surface area (Å²) in [6.45, 7) is 0. The Morgan fingerprint density at radius 1 is 1.06 bits per heavy atom. The molecule has 32 heavy (non-hydrogen) atoms. The van der Waals surface area contributed by atoms with Gasteiger partial charge in [-0.3, -0.25) is 19.9 Å². The molecule has 1 aliphatic heterocycles. The number of fused-ring (bicyclic) bond motifs is 1. The van der Waals surface area contributed by atoms with Crippen molar-refractivity contribution in [3.05, 3.63) is 82.6 Å². The Labute approximate surface area is 189 Å². The Kier molecular flexibility index (Phi) is 4.90. The van der Waals surface area contributed by atoms with Crippen LogP contribution in [0.15, 0.2) is 60.9 Å². The molecule has 0 bridgehead atoms. The Morgan fingerprint density at radius 2 is 1.88 bits per heavy atom. The predicted octanol–water partition coefficient (Wildman–Crippen LogP) is 3.26. The van der Waals surface area contributed by atoms with E-state index in [1.54, 1.807) is 12.4 Å². The number of carbonyl (C=O) groups is 3. The monoisotopic (exact) mass is 446 g/mol. The molecule has 0 radical (unpaired) electrons. The molecule has 5 rings (SSSR count). The molecule has 1 aromatic heterocycles. The van der Waals surface area contributed by atoms with E-state index in [0.717, 1.165) is 27.8 Å². The molecule has 3 N–H and O–H groups in total. The SMILES string of the molecule is O=C(Cc1cncc(-c2ccccc2Cl)c1)Nc1ccc2c(c1)CC1(C2)NC(=O)NC1=O. The van der Waals surface area contributed by atoms with Crippen LogP contribution < -0.4 is 16.0 Å². The van der Waals surface area contributed by atoms with E-state index in [4.69, 9.17) is 11.6 Å². The molecular weight excluding hydrogens is 428 g/mol. The standard InChI is InChI=1S/C24H19ClN4O3/c25-20-4-2-1-3-19(20)17-7-14(12-26-13-17)8-21(30)27-18-6-5-15-10-24(11-16(15)9-18)22(31)28-23(32)29-24/h1-7,9,12-13H,8,10-11H2,(H,27,30)(H2,28,29,31,32). The van der Waals surface area contributed by atoms with Crippen LogP contribution in [0, 0.1) is 0 Å². The maximum absolute atomic E-state index is 12.7. The zero-order valence-electron chi connectivity index (χ0n) is 16.9. The second kappa shape index (κ2) is 7.76. The highest BCUT2D eigenvalue weighted by atomic mass is 35.5. The number of imide groups is 1. The van der Waals surface area contributed by atoms with Gasteiger partial charge in [-0.2, -0.15) is 0 Å². The van der Waals surface area contributed by atoms with Crippen LogP contribution in [0.25, 0.3) is 11.1 Å². The highest BCUT2D eigenvalue weighted by Crippen LogP contribution is 2.34. The number of halogens is 1. The summed E-state index contributed by atoms with van der Waals surface area (Å²) in [7, 11) is 0. The van der Waals surface area contributed by atoms with Crippen LogP contribution in [0.1, 0.15) is 16.7 Å². The van der Waals surface area contributed by atoms with Gasteiger partial charge in [0.2, 0.25) is 5.91 Å². The summed E-state index contributed by atoms with van der Waals surface area (Å²) in [4.78, 5) is 40.7. The Bertz CT molecular complexity index is 1280. The highest BCUT2D eigenvalue weighted by molar-refractivity contribution is 6.33. The third-order valence-electron chi connectivity index (χ3n) is 5.83. The molecular formula is C24H19ClN4O3. The van der Waals surface area contributed by atoms with E-state index in [1.807, 2.05) is 48.5 Å². The van der Waals surface area contributed by atoms with Crippen LogP contribution in [0.3, 0.4) is 0 Å². The van der Waals surface area contributed by atoms with Gasteiger partial charge in [0.1, 0.15) is 5.54 Å². The fourth-order valence-corrected chi connectivity index (χ4v) is 4.59. The molecule has 1 saturated heterocycles. The third kappa shape index (κ3) is 3.71. The summed E-state index contributed by atoms with van der Waals surface area (Å²) < 4.78 is 0. The average molecular weight is 447 g/mol. The fraction of sp³-hybridized carbons (Fsp3) is 0.167. The number of hydrogen-bond acceptors (Lipinski definition) is 4. The summed E-state index contributed by atoms with van der Waals surface area (Å²) in [5, 5.41) is 8.58. The van der Waals surface area contributed by atoms with Crippen LogP contribution in [0.5, 0.6) is 0 Å². The van der Waals surface area contributed by atoms with Crippen molar-refractivity contribution < 1.29 is 14.4 Å². The van der Waals surface area contributed by atoms with Gasteiger partial charge in [0.25, 0.3) is 5.91 Å². The number of urea groups is 1. The summed E-state index contributed by atoms with van der Waals surface area (Å²) in [5.41, 5.74) is 4.11. The molecule has 1 unspecified atom stereocenters. The molecule has 160 valence electrons. The number of hydrogen-bond donors (Lipinski definition) is 3. The van der Waals surface area contributed by atoms with E-state index in [-0.39, 0.29) is 18.2 Å². The van der Waals surface area contributed by atoms with Crippen molar-refractivity contribution in [3.63, 3.8) is 0 Å². The van der Waals surface area contributed by atoms with Gasteiger partial charge in [-0.25, -0.2) is 4.79 Å². The topological polar surface area (TPSA) is 100 Å². The first-order valence-electron chi connectivity index (χ1n) is 10.2. The molecule has 8 heteroatoms. The highest BCUT2D eigenvalue weighted by Gasteiger charge is 2.49. The first kappa shape index (κ1) is 20.2. The number of rotatable bonds is 4. The van der Waals surface area contributed by atoms with Gasteiger partial charge in [0, 0.05) is 47.1 Å². The van der Waals surface area contributed by atoms with Gasteiger partial charge in [-0.1, -0.05) is 35.9 Å². The zero-order chi connectivity index (χ0) is 22.3. The maximum atomic E-state index is 12.7. The number of amides is 4. The van der Waals surface area contributed by atoms with Crippen molar-refractivity contribution in [2.24, 2.45) is 0 Å². The molecule has 1 aliphatic carbocycles. The normalized spacial score (nSPS) is 18.9. The van der Waals surface area contributed by atoms with Crippen molar-refractivity contribution in [1.29, 1.82) is 0 Å². The lowest BCUT2D eigenvalue weighted by atomic mass is 9.96. The third-order valence-corrected chi connectivity index (χ3v) is 6.16. The summed E-state index contributed by atoms with van der Waals surface area (Å²) in [6.07, 6.45) is 4.37.